The molecule has 4 aliphatic heterocycles. The maximum atomic E-state index is 15.8. The van der Waals surface area contributed by atoms with Crippen LogP contribution in [0.5, 0.6) is 0 Å². The highest BCUT2D eigenvalue weighted by Gasteiger charge is 2.45. The number of ether oxygens (including phenoxy) is 2. The first-order chi connectivity index (χ1) is 40.9. The van der Waals surface area contributed by atoms with Crippen LogP contribution >= 0.6 is 0 Å². The van der Waals surface area contributed by atoms with E-state index in [1.54, 1.807) is 24.4 Å². The number of aliphatic hydroxyl groups excluding tert-OH is 1. The first-order valence-electron chi connectivity index (χ1n) is 28.7. The molecule has 2 unspecified atom stereocenters. The van der Waals surface area contributed by atoms with Gasteiger partial charge in [0.25, 0.3) is 0 Å². The van der Waals surface area contributed by atoms with E-state index in [4.69, 9.17) is 14.6 Å². The highest BCUT2D eigenvalue weighted by atomic mass is 32.2. The third-order valence-corrected chi connectivity index (χ3v) is 17.7. The first-order valence-corrected chi connectivity index (χ1v) is 30.2. The van der Waals surface area contributed by atoms with Crippen LogP contribution in [0, 0.1) is 29.9 Å². The zero-order chi connectivity index (χ0) is 61.6. The fourth-order valence-electron chi connectivity index (χ4n) is 11.4. The van der Waals surface area contributed by atoms with Crippen molar-refractivity contribution >= 4 is 68.1 Å². The Hall–Kier alpha value is -7.49. The van der Waals surface area contributed by atoms with E-state index in [1.807, 2.05) is 68.8 Å². The van der Waals surface area contributed by atoms with E-state index in [0.717, 1.165) is 78.8 Å². The van der Waals surface area contributed by atoms with Crippen LogP contribution in [-0.4, -0.2) is 199 Å². The third kappa shape index (κ3) is 15.4. The smallest absolute Gasteiger partial charge is 0.332 e. The van der Waals surface area contributed by atoms with E-state index >= 15 is 8.78 Å². The Kier molecular flexibility index (Phi) is 19.8. The lowest BCUT2D eigenvalue weighted by molar-refractivity contribution is -0.154. The number of rotatable bonds is 22. The Morgan fingerprint density at radius 2 is 1.56 bits per heavy atom. The van der Waals surface area contributed by atoms with Gasteiger partial charge in [0, 0.05) is 93.4 Å². The number of carbonyl (C=O) groups excluding carboxylic acids is 5. The number of piperidine rings is 1. The molecule has 462 valence electrons. The van der Waals surface area contributed by atoms with Gasteiger partial charge in [-0.1, -0.05) is 62.7 Å². The Bertz CT molecular complexity index is 3410. The van der Waals surface area contributed by atoms with Gasteiger partial charge in [-0.3, -0.25) is 33.7 Å². The van der Waals surface area contributed by atoms with E-state index in [9.17, 15) is 46.7 Å². The average Bonchev–Trinajstić information content (AvgIpc) is 2.41. The van der Waals surface area contributed by atoms with E-state index in [2.05, 4.69) is 35.3 Å². The predicted octanol–water partition coefficient (Wildman–Crippen LogP) is 4.58. The van der Waals surface area contributed by atoms with Crippen molar-refractivity contribution in [1.82, 2.24) is 39.6 Å². The number of aliphatic hydroxyl groups is 1. The van der Waals surface area contributed by atoms with Crippen LogP contribution < -0.4 is 20.3 Å². The minimum atomic E-state index is -4.39. The molecule has 4 fully saturated rings. The molecule has 22 nitrogen and oxygen atoms in total. The summed E-state index contributed by atoms with van der Waals surface area (Å²) in [6, 6.07) is 15.4. The standard InChI is InChI=1S/C60H73F3N10O12S/c1-36-5-7-39(8-6-36)48(33-85-52(78)35-84-34-51(76)77)66-58(80)49-26-43(74)31-73(49)59(81)56(60(2,3)4)67-50(75)32-69-18-15-37(16-19-69)29-70-21-23-71(24-22-70)42-11-9-38(10-12-42)40-25-44-45(28-65-57(44)64-27-40)55(79)53-46(62)13-14-47(54(53)63)68-86(82,83)72-20-17-41(61)30-72/h5-14,25,27-28,37,41,43,48-49,56,68,74H,15-24,26,29-35H2,1-4H3,(H,64,65)(H,66,80)(H,67,75)(H,76,77)/t41-,43-,48?,49+,56?/m1/s1. The number of ketones is 1. The summed E-state index contributed by atoms with van der Waals surface area (Å²) in [5.41, 5.74) is 1.83. The number of H-pyrrole nitrogens is 1. The summed E-state index contributed by atoms with van der Waals surface area (Å²) >= 11 is 0. The number of anilines is 2. The van der Waals surface area contributed by atoms with E-state index in [-0.39, 0.29) is 50.6 Å². The van der Waals surface area contributed by atoms with Gasteiger partial charge in [0.2, 0.25) is 23.5 Å². The number of aliphatic carboxylic acids is 1. The van der Waals surface area contributed by atoms with Gasteiger partial charge in [-0.25, -0.2) is 27.7 Å². The summed E-state index contributed by atoms with van der Waals surface area (Å²) in [5.74, 6) is -6.75. The molecule has 5 aromatic rings. The van der Waals surface area contributed by atoms with Crippen molar-refractivity contribution in [3.05, 3.63) is 113 Å². The number of nitrogens with one attached hydrogen (secondary N) is 4. The SMILES string of the molecule is Cc1ccc(C(COC(=O)COCC(=O)O)NC(=O)[C@@H]2C[C@@H](O)CN2C(=O)C(NC(=O)CN2CCC(CN3CCN(c4ccc(-c5cnc6[nH]cc(C(=O)c7c(F)ccc(NS(=O)(=O)N8CC[C@@H](F)C8)c7F)c6c5)cc4)CC3)CC2)C(C)(C)C)cc1. The molecule has 2 aromatic heterocycles. The molecule has 4 saturated heterocycles. The van der Waals surface area contributed by atoms with Crippen LogP contribution in [0.4, 0.5) is 24.5 Å². The highest BCUT2D eigenvalue weighted by Crippen LogP contribution is 2.33. The summed E-state index contributed by atoms with van der Waals surface area (Å²) in [5, 5.41) is 25.8. The van der Waals surface area contributed by atoms with Gasteiger partial charge in [-0.05, 0) is 92.1 Å². The Morgan fingerprint density at radius 3 is 2.22 bits per heavy atom. The lowest BCUT2D eigenvalue weighted by Gasteiger charge is -2.40. The number of β-amino-alcohol motifs (C(OH)–C–C–N with tert-alkyl or cyclic N) is 1. The fourth-order valence-corrected chi connectivity index (χ4v) is 12.7. The number of amides is 3. The molecule has 26 heteroatoms. The lowest BCUT2D eigenvalue weighted by atomic mass is 9.85. The minimum Gasteiger partial charge on any atom is -0.480 e. The number of benzene rings is 3. The number of carboxylic acid groups (broad SMARTS) is 1. The number of fused-ring (bicyclic) bond motifs is 1. The number of aromatic nitrogens is 2. The molecule has 6 heterocycles. The van der Waals surface area contributed by atoms with Crippen molar-refractivity contribution < 1.29 is 70.0 Å². The second kappa shape index (κ2) is 27.1. The monoisotopic (exact) mass is 1210 g/mol. The van der Waals surface area contributed by atoms with Gasteiger partial charge in [-0.15, -0.1) is 0 Å². The molecular weight excluding hydrogens is 1140 g/mol. The van der Waals surface area contributed by atoms with Crippen LogP contribution in [0.15, 0.2) is 79.1 Å². The van der Waals surface area contributed by atoms with Crippen molar-refractivity contribution in [2.24, 2.45) is 11.3 Å². The number of aryl methyl sites for hydroxylation is 1. The van der Waals surface area contributed by atoms with E-state index < -0.39 is 118 Å². The number of pyridine rings is 1. The van der Waals surface area contributed by atoms with E-state index in [0.29, 0.717) is 41.2 Å². The van der Waals surface area contributed by atoms with Crippen LogP contribution in [0.3, 0.4) is 0 Å². The van der Waals surface area contributed by atoms with Gasteiger partial charge < -0.3 is 45.1 Å². The highest BCUT2D eigenvalue weighted by molar-refractivity contribution is 7.90. The summed E-state index contributed by atoms with van der Waals surface area (Å²) in [7, 11) is -4.39. The van der Waals surface area contributed by atoms with Crippen LogP contribution in [0.1, 0.15) is 79.5 Å². The second-order valence-corrected chi connectivity index (χ2v) is 25.3. The van der Waals surface area contributed by atoms with Crippen molar-refractivity contribution in [3.63, 3.8) is 0 Å². The number of carboxylic acids is 1. The van der Waals surface area contributed by atoms with Crippen molar-refractivity contribution in [2.75, 3.05) is 101 Å². The summed E-state index contributed by atoms with van der Waals surface area (Å²) in [4.78, 5) is 94.7. The molecule has 3 aromatic carbocycles. The quantitative estimate of drug-likeness (QED) is 0.0409. The van der Waals surface area contributed by atoms with Gasteiger partial charge in [0.05, 0.1) is 29.9 Å². The Balaban J connectivity index is 0.738. The van der Waals surface area contributed by atoms with Gasteiger partial charge in [0.15, 0.2) is 5.82 Å². The number of hydrogen-bond acceptors (Lipinski definition) is 15. The minimum absolute atomic E-state index is 0.0150. The third-order valence-electron chi connectivity index (χ3n) is 16.2. The summed E-state index contributed by atoms with van der Waals surface area (Å²) in [6.07, 6.45) is 2.22. The largest absolute Gasteiger partial charge is 0.480 e. The molecule has 6 N–H and O–H groups in total. The molecular formula is C60H73F3N10O12S. The van der Waals surface area contributed by atoms with E-state index in [1.165, 1.54) is 11.1 Å². The molecule has 0 aliphatic carbocycles. The molecule has 86 heavy (non-hydrogen) atoms. The second-order valence-electron chi connectivity index (χ2n) is 23.6. The summed E-state index contributed by atoms with van der Waals surface area (Å²) in [6.45, 7) is 10.7. The van der Waals surface area contributed by atoms with Crippen LogP contribution in [-0.2, 0) is 43.7 Å². The Labute approximate surface area is 496 Å². The molecule has 5 atom stereocenters. The average molecular weight is 1220 g/mol. The molecule has 0 bridgehead atoms. The maximum Gasteiger partial charge on any atom is 0.332 e. The van der Waals surface area contributed by atoms with Crippen molar-refractivity contribution in [2.45, 2.75) is 83.8 Å². The number of hydrogen-bond donors (Lipinski definition) is 6. The normalized spacial score (nSPS) is 20.0. The molecule has 9 rings (SSSR count). The first kappa shape index (κ1) is 63.0. The number of esters is 1. The number of carbonyl (C=O) groups is 6. The lowest BCUT2D eigenvalue weighted by Crippen LogP contribution is -2.59. The van der Waals surface area contributed by atoms with Crippen LogP contribution in [0.2, 0.25) is 0 Å². The summed E-state index contributed by atoms with van der Waals surface area (Å²) < 4.78 is 83.6. The number of likely N-dealkylation sites (tertiary alicyclic amines) is 2. The molecule has 0 radical (unpaired) electrons. The molecule has 0 saturated carbocycles. The molecule has 3 amide bonds. The predicted molar refractivity (Wildman–Crippen MR) is 312 cm³/mol. The molecule has 0 spiro atoms. The number of piperazine rings is 1. The van der Waals surface area contributed by atoms with Gasteiger partial charge in [0.1, 0.15) is 49.5 Å². The van der Waals surface area contributed by atoms with Gasteiger partial charge in [-0.2, -0.15) is 12.7 Å². The fraction of sp³-hybridized carbons (Fsp3) is 0.483. The number of halogens is 3. The number of nitrogens with zero attached hydrogens (tertiary/aromatic N) is 6. The Morgan fingerprint density at radius 1 is 0.849 bits per heavy atom. The zero-order valence-electron chi connectivity index (χ0n) is 48.4. The van der Waals surface area contributed by atoms with Crippen molar-refractivity contribution in [3.8, 4) is 11.1 Å². The topological polar surface area (TPSA) is 276 Å². The maximum absolute atomic E-state index is 15.8. The zero-order valence-corrected chi connectivity index (χ0v) is 49.2. The van der Waals surface area contributed by atoms with Crippen LogP contribution in [0.25, 0.3) is 22.2 Å². The van der Waals surface area contributed by atoms with Crippen molar-refractivity contribution in [1.29, 1.82) is 0 Å². The van der Waals surface area contributed by atoms with Gasteiger partial charge >= 0.3 is 22.1 Å². The molecule has 4 aliphatic rings. The number of aromatic amines is 1. The number of alkyl halides is 1.